The Hall–Kier alpha value is -2.78. The molecular formula is C19H25F3N4O3. The number of urea groups is 1. The lowest BCUT2D eigenvalue weighted by Gasteiger charge is -2.25. The van der Waals surface area contributed by atoms with Gasteiger partial charge in [0.2, 0.25) is 11.8 Å². The van der Waals surface area contributed by atoms with Crippen molar-refractivity contribution in [3.8, 4) is 0 Å². The van der Waals surface area contributed by atoms with E-state index in [1.54, 1.807) is 39.0 Å². The monoisotopic (exact) mass is 414 g/mol. The predicted molar refractivity (Wildman–Crippen MR) is 102 cm³/mol. The molecule has 1 atom stereocenters. The van der Waals surface area contributed by atoms with E-state index in [9.17, 15) is 27.6 Å². The second-order valence-electron chi connectivity index (χ2n) is 7.29. The summed E-state index contributed by atoms with van der Waals surface area (Å²) in [5.74, 6) is -1.22. The summed E-state index contributed by atoms with van der Waals surface area (Å²) in [4.78, 5) is 37.8. The molecule has 3 N–H and O–H groups in total. The fourth-order valence-corrected chi connectivity index (χ4v) is 2.90. The number of benzene rings is 1. The third-order valence-corrected chi connectivity index (χ3v) is 4.55. The maximum absolute atomic E-state index is 12.6. The highest BCUT2D eigenvalue weighted by Gasteiger charge is 2.36. The summed E-state index contributed by atoms with van der Waals surface area (Å²) < 4.78 is 37.0. The number of alkyl halides is 3. The average molecular weight is 414 g/mol. The normalized spacial score (nSPS) is 16.7. The molecule has 0 radical (unpaired) electrons. The van der Waals surface area contributed by atoms with Crippen molar-refractivity contribution in [2.24, 2.45) is 5.92 Å². The third-order valence-electron chi connectivity index (χ3n) is 4.55. The number of nitrogens with one attached hydrogen (secondary N) is 3. The van der Waals surface area contributed by atoms with Crippen molar-refractivity contribution in [3.63, 3.8) is 0 Å². The molecule has 2 rings (SSSR count). The molecule has 4 amide bonds. The topological polar surface area (TPSA) is 90.5 Å². The van der Waals surface area contributed by atoms with Crippen LogP contribution in [0.3, 0.4) is 0 Å². The second-order valence-corrected chi connectivity index (χ2v) is 7.29. The quantitative estimate of drug-likeness (QED) is 0.691. The number of carbonyl (C=O) groups excluding carboxylic acids is 3. The summed E-state index contributed by atoms with van der Waals surface area (Å²) in [5, 5.41) is 7.25. The van der Waals surface area contributed by atoms with Gasteiger partial charge in [-0.3, -0.25) is 9.59 Å². The Bertz CT molecular complexity index is 780. The van der Waals surface area contributed by atoms with Crippen molar-refractivity contribution in [1.82, 2.24) is 10.2 Å². The van der Waals surface area contributed by atoms with Gasteiger partial charge in [0.25, 0.3) is 0 Å². The van der Waals surface area contributed by atoms with Crippen LogP contribution >= 0.6 is 0 Å². The van der Waals surface area contributed by atoms with E-state index in [2.05, 4.69) is 10.6 Å². The van der Waals surface area contributed by atoms with Gasteiger partial charge in [-0.25, -0.2) is 4.79 Å². The van der Waals surface area contributed by atoms with Gasteiger partial charge in [0.1, 0.15) is 12.6 Å². The van der Waals surface area contributed by atoms with Crippen LogP contribution in [-0.4, -0.2) is 48.1 Å². The van der Waals surface area contributed by atoms with E-state index in [0.29, 0.717) is 24.2 Å². The molecule has 1 saturated heterocycles. The van der Waals surface area contributed by atoms with Gasteiger partial charge in [0.05, 0.1) is 0 Å². The molecule has 0 bridgehead atoms. The largest absolute Gasteiger partial charge is 0.405 e. The highest BCUT2D eigenvalue weighted by atomic mass is 19.4. The summed E-state index contributed by atoms with van der Waals surface area (Å²) >= 11 is 0. The van der Waals surface area contributed by atoms with Crippen LogP contribution < -0.4 is 16.0 Å². The summed E-state index contributed by atoms with van der Waals surface area (Å²) in [6.45, 7) is 4.10. The molecule has 0 spiro atoms. The minimum absolute atomic E-state index is 0.174. The molecule has 1 aliphatic rings. The fraction of sp³-hybridized carbons (Fsp3) is 0.526. The maximum atomic E-state index is 12.6. The number of halogens is 3. The number of anilines is 2. The lowest BCUT2D eigenvalue weighted by atomic mass is 10.1. The number of aryl methyl sites for hydroxylation is 1. The van der Waals surface area contributed by atoms with Gasteiger partial charge >= 0.3 is 12.2 Å². The Morgan fingerprint density at radius 3 is 2.52 bits per heavy atom. The number of hydrogen-bond donors (Lipinski definition) is 3. The standard InChI is InChI=1S/C19H25F3N4O3/c1-11(2)16(27)24-13-7-6-12(3)14(9-13)25-18(29)26-8-4-5-15(26)17(28)23-10-19(20,21)22/h6-7,9,11,15H,4-5,8,10H2,1-3H3,(H,23,28)(H,24,27)(H,25,29). The van der Waals surface area contributed by atoms with Gasteiger partial charge in [-0.1, -0.05) is 19.9 Å². The Kier molecular flexibility index (Phi) is 7.10. The molecule has 1 aromatic carbocycles. The Balaban J connectivity index is 2.06. The first-order valence-corrected chi connectivity index (χ1v) is 9.31. The van der Waals surface area contributed by atoms with Gasteiger partial charge in [0.15, 0.2) is 0 Å². The van der Waals surface area contributed by atoms with Gasteiger partial charge in [-0.15, -0.1) is 0 Å². The van der Waals surface area contributed by atoms with E-state index in [0.717, 1.165) is 5.56 Å². The number of likely N-dealkylation sites (tertiary alicyclic amines) is 1. The van der Waals surface area contributed by atoms with Crippen LogP contribution in [0.5, 0.6) is 0 Å². The molecule has 1 fully saturated rings. The maximum Gasteiger partial charge on any atom is 0.405 e. The second kappa shape index (κ2) is 9.15. The van der Waals surface area contributed by atoms with Gasteiger partial charge in [0, 0.05) is 23.8 Å². The molecular weight excluding hydrogens is 389 g/mol. The lowest BCUT2D eigenvalue weighted by Crippen LogP contribution is -2.49. The van der Waals surface area contributed by atoms with E-state index in [-0.39, 0.29) is 18.4 Å². The molecule has 1 aromatic rings. The Labute approximate surface area is 167 Å². The van der Waals surface area contributed by atoms with Gasteiger partial charge < -0.3 is 20.9 Å². The van der Waals surface area contributed by atoms with Crippen molar-refractivity contribution in [1.29, 1.82) is 0 Å². The van der Waals surface area contributed by atoms with Crippen LogP contribution in [0, 0.1) is 12.8 Å². The number of rotatable bonds is 5. The van der Waals surface area contributed by atoms with Crippen LogP contribution in [0.1, 0.15) is 32.3 Å². The average Bonchev–Trinajstić information content (AvgIpc) is 3.11. The molecule has 7 nitrogen and oxygen atoms in total. The van der Waals surface area contributed by atoms with Crippen LogP contribution in [-0.2, 0) is 9.59 Å². The molecule has 1 unspecified atom stereocenters. The van der Waals surface area contributed by atoms with Crippen LogP contribution in [0.4, 0.5) is 29.3 Å². The van der Waals surface area contributed by atoms with Crippen LogP contribution in [0.15, 0.2) is 18.2 Å². The lowest BCUT2D eigenvalue weighted by molar-refractivity contribution is -0.140. The number of amides is 4. The van der Waals surface area contributed by atoms with Crippen molar-refractivity contribution < 1.29 is 27.6 Å². The SMILES string of the molecule is Cc1ccc(NC(=O)C(C)C)cc1NC(=O)N1CCCC1C(=O)NCC(F)(F)F. The highest BCUT2D eigenvalue weighted by Crippen LogP contribution is 2.24. The fourth-order valence-electron chi connectivity index (χ4n) is 2.90. The van der Waals surface area contributed by atoms with Crippen molar-refractivity contribution in [2.45, 2.75) is 45.8 Å². The van der Waals surface area contributed by atoms with E-state index in [4.69, 9.17) is 0 Å². The summed E-state index contributed by atoms with van der Waals surface area (Å²) in [6, 6.07) is 3.49. The van der Waals surface area contributed by atoms with Crippen molar-refractivity contribution in [2.75, 3.05) is 23.7 Å². The molecule has 29 heavy (non-hydrogen) atoms. The summed E-state index contributed by atoms with van der Waals surface area (Å²) in [5.41, 5.74) is 1.68. The smallest absolute Gasteiger partial charge is 0.345 e. The zero-order chi connectivity index (χ0) is 21.8. The molecule has 0 saturated carbocycles. The first-order chi connectivity index (χ1) is 13.5. The number of hydrogen-bond acceptors (Lipinski definition) is 3. The third kappa shape index (κ3) is 6.37. The van der Waals surface area contributed by atoms with Crippen LogP contribution in [0.25, 0.3) is 0 Å². The van der Waals surface area contributed by atoms with Crippen molar-refractivity contribution >= 4 is 29.2 Å². The Morgan fingerprint density at radius 1 is 1.21 bits per heavy atom. The first kappa shape index (κ1) is 22.5. The molecule has 1 heterocycles. The molecule has 0 aliphatic carbocycles. The van der Waals surface area contributed by atoms with E-state index >= 15 is 0 Å². The minimum Gasteiger partial charge on any atom is -0.345 e. The molecule has 10 heteroatoms. The van der Waals surface area contributed by atoms with Gasteiger partial charge in [-0.05, 0) is 37.5 Å². The molecule has 1 aliphatic heterocycles. The van der Waals surface area contributed by atoms with Crippen LogP contribution in [0.2, 0.25) is 0 Å². The van der Waals surface area contributed by atoms with E-state index in [1.165, 1.54) is 4.90 Å². The number of nitrogens with zero attached hydrogens (tertiary/aromatic N) is 1. The summed E-state index contributed by atoms with van der Waals surface area (Å²) in [6.07, 6.45) is -3.71. The van der Waals surface area contributed by atoms with E-state index in [1.807, 2.05) is 5.32 Å². The summed E-state index contributed by atoms with van der Waals surface area (Å²) in [7, 11) is 0. The molecule has 160 valence electrons. The predicted octanol–water partition coefficient (Wildman–Crippen LogP) is 3.26. The van der Waals surface area contributed by atoms with E-state index < -0.39 is 30.7 Å². The van der Waals surface area contributed by atoms with Gasteiger partial charge in [-0.2, -0.15) is 13.2 Å². The minimum atomic E-state index is -4.51. The Morgan fingerprint density at radius 2 is 1.90 bits per heavy atom. The molecule has 0 aromatic heterocycles. The number of carbonyl (C=O) groups is 3. The first-order valence-electron chi connectivity index (χ1n) is 9.31. The zero-order valence-electron chi connectivity index (χ0n) is 16.5. The zero-order valence-corrected chi connectivity index (χ0v) is 16.5. The van der Waals surface area contributed by atoms with Crippen molar-refractivity contribution in [3.05, 3.63) is 23.8 Å². The highest BCUT2D eigenvalue weighted by molar-refractivity contribution is 5.96.